The SMILES string of the molecule is CCCCN(c1nc2c(cc1C#N)CCC2)C(C)CC. The van der Waals surface area contributed by atoms with Crippen LogP contribution in [0.25, 0.3) is 0 Å². The van der Waals surface area contributed by atoms with Gasteiger partial charge in [0, 0.05) is 18.3 Å². The number of pyridine rings is 1. The van der Waals surface area contributed by atoms with Crippen molar-refractivity contribution in [2.75, 3.05) is 11.4 Å². The zero-order chi connectivity index (χ0) is 14.5. The van der Waals surface area contributed by atoms with E-state index in [0.717, 1.165) is 43.6 Å². The van der Waals surface area contributed by atoms with Crippen molar-refractivity contribution < 1.29 is 0 Å². The lowest BCUT2D eigenvalue weighted by molar-refractivity contribution is 0.588. The van der Waals surface area contributed by atoms with Crippen LogP contribution in [0.1, 0.15) is 63.3 Å². The Morgan fingerprint density at radius 2 is 2.20 bits per heavy atom. The maximum absolute atomic E-state index is 9.46. The first-order chi connectivity index (χ1) is 9.71. The van der Waals surface area contributed by atoms with E-state index in [2.05, 4.69) is 37.8 Å². The number of nitrogens with zero attached hydrogens (tertiary/aromatic N) is 3. The predicted octanol–water partition coefficient (Wildman–Crippen LogP) is 3.85. The van der Waals surface area contributed by atoms with Crippen molar-refractivity contribution in [1.82, 2.24) is 4.98 Å². The molecule has 20 heavy (non-hydrogen) atoms. The summed E-state index contributed by atoms with van der Waals surface area (Å²) < 4.78 is 0. The van der Waals surface area contributed by atoms with E-state index in [1.165, 1.54) is 24.1 Å². The molecule has 0 N–H and O–H groups in total. The van der Waals surface area contributed by atoms with Crippen molar-refractivity contribution in [3.8, 4) is 6.07 Å². The zero-order valence-electron chi connectivity index (χ0n) is 12.9. The molecule has 1 heterocycles. The fraction of sp³-hybridized carbons (Fsp3) is 0.647. The second-order valence-corrected chi connectivity index (χ2v) is 5.73. The summed E-state index contributed by atoms with van der Waals surface area (Å²) in [5.41, 5.74) is 3.25. The van der Waals surface area contributed by atoms with Gasteiger partial charge in [-0.1, -0.05) is 20.3 Å². The number of aromatic nitrogens is 1. The van der Waals surface area contributed by atoms with Crippen molar-refractivity contribution in [1.29, 1.82) is 5.26 Å². The minimum atomic E-state index is 0.431. The van der Waals surface area contributed by atoms with Crippen LogP contribution < -0.4 is 4.90 Å². The zero-order valence-corrected chi connectivity index (χ0v) is 12.9. The highest BCUT2D eigenvalue weighted by atomic mass is 15.2. The fourth-order valence-electron chi connectivity index (χ4n) is 2.85. The van der Waals surface area contributed by atoms with Crippen LogP contribution in [0.15, 0.2) is 6.07 Å². The monoisotopic (exact) mass is 271 g/mol. The van der Waals surface area contributed by atoms with Crippen LogP contribution in [0.4, 0.5) is 5.82 Å². The summed E-state index contributed by atoms with van der Waals surface area (Å²) in [6, 6.07) is 4.86. The van der Waals surface area contributed by atoms with Gasteiger partial charge in [0.05, 0.1) is 5.56 Å². The summed E-state index contributed by atoms with van der Waals surface area (Å²) in [4.78, 5) is 7.18. The van der Waals surface area contributed by atoms with E-state index in [-0.39, 0.29) is 0 Å². The predicted molar refractivity (Wildman–Crippen MR) is 83.0 cm³/mol. The number of rotatable bonds is 6. The lowest BCUT2D eigenvalue weighted by Gasteiger charge is -2.30. The summed E-state index contributed by atoms with van der Waals surface area (Å²) >= 11 is 0. The fourth-order valence-corrected chi connectivity index (χ4v) is 2.85. The van der Waals surface area contributed by atoms with Gasteiger partial charge in [-0.2, -0.15) is 5.26 Å². The van der Waals surface area contributed by atoms with E-state index in [1.807, 2.05) is 0 Å². The molecule has 1 unspecified atom stereocenters. The highest BCUT2D eigenvalue weighted by Crippen LogP contribution is 2.28. The van der Waals surface area contributed by atoms with Crippen molar-refractivity contribution in [2.24, 2.45) is 0 Å². The second kappa shape index (κ2) is 6.74. The molecule has 1 atom stereocenters. The number of aryl methyl sites for hydroxylation is 2. The molecule has 0 spiro atoms. The number of unbranched alkanes of at least 4 members (excludes halogenated alkanes) is 1. The summed E-state index contributed by atoms with van der Waals surface area (Å²) in [6.07, 6.45) is 6.71. The van der Waals surface area contributed by atoms with Gasteiger partial charge in [-0.15, -0.1) is 0 Å². The molecule has 0 amide bonds. The topological polar surface area (TPSA) is 39.9 Å². The van der Waals surface area contributed by atoms with Crippen molar-refractivity contribution >= 4 is 5.82 Å². The van der Waals surface area contributed by atoms with Crippen molar-refractivity contribution in [3.63, 3.8) is 0 Å². The average Bonchev–Trinajstić information content (AvgIpc) is 2.93. The number of fused-ring (bicyclic) bond motifs is 1. The van der Waals surface area contributed by atoms with Gasteiger partial charge in [-0.05, 0) is 50.7 Å². The molecule has 1 aliphatic carbocycles. The van der Waals surface area contributed by atoms with E-state index < -0.39 is 0 Å². The Morgan fingerprint density at radius 3 is 2.85 bits per heavy atom. The third-order valence-electron chi connectivity index (χ3n) is 4.30. The van der Waals surface area contributed by atoms with E-state index in [0.29, 0.717) is 6.04 Å². The highest BCUT2D eigenvalue weighted by molar-refractivity contribution is 5.57. The van der Waals surface area contributed by atoms with Crippen molar-refractivity contribution in [2.45, 2.75) is 65.3 Å². The van der Waals surface area contributed by atoms with Crippen LogP contribution in [-0.2, 0) is 12.8 Å². The lowest BCUT2D eigenvalue weighted by Crippen LogP contribution is -2.35. The molecular formula is C17H25N3. The van der Waals surface area contributed by atoms with Gasteiger partial charge in [-0.3, -0.25) is 0 Å². The van der Waals surface area contributed by atoms with Gasteiger partial charge in [0.2, 0.25) is 0 Å². The Bertz CT molecular complexity index is 502. The lowest BCUT2D eigenvalue weighted by atomic mass is 10.1. The van der Waals surface area contributed by atoms with Gasteiger partial charge < -0.3 is 4.90 Å². The first-order valence-corrected chi connectivity index (χ1v) is 7.90. The number of hydrogen-bond acceptors (Lipinski definition) is 3. The summed E-state index contributed by atoms with van der Waals surface area (Å²) in [6.45, 7) is 7.62. The van der Waals surface area contributed by atoms with Crippen LogP contribution in [0.5, 0.6) is 0 Å². The molecule has 3 nitrogen and oxygen atoms in total. The number of nitriles is 1. The van der Waals surface area contributed by atoms with E-state index >= 15 is 0 Å². The molecule has 0 bridgehead atoms. The van der Waals surface area contributed by atoms with E-state index in [4.69, 9.17) is 4.98 Å². The molecule has 0 aliphatic heterocycles. The van der Waals surface area contributed by atoms with Crippen LogP contribution in [0.3, 0.4) is 0 Å². The maximum Gasteiger partial charge on any atom is 0.147 e. The van der Waals surface area contributed by atoms with Gasteiger partial charge in [0.25, 0.3) is 0 Å². The first-order valence-electron chi connectivity index (χ1n) is 7.90. The molecule has 0 radical (unpaired) electrons. The van der Waals surface area contributed by atoms with Crippen molar-refractivity contribution in [3.05, 3.63) is 22.9 Å². The molecule has 0 saturated heterocycles. The summed E-state index contributed by atoms with van der Waals surface area (Å²) in [5, 5.41) is 9.46. The molecule has 1 aromatic rings. The molecule has 1 aliphatic rings. The largest absolute Gasteiger partial charge is 0.353 e. The third-order valence-corrected chi connectivity index (χ3v) is 4.30. The number of anilines is 1. The molecule has 0 fully saturated rings. The molecule has 0 aromatic carbocycles. The molecule has 108 valence electrons. The van der Waals surface area contributed by atoms with Gasteiger partial charge in [0.1, 0.15) is 11.9 Å². The van der Waals surface area contributed by atoms with Gasteiger partial charge in [0.15, 0.2) is 0 Å². The van der Waals surface area contributed by atoms with E-state index in [1.54, 1.807) is 0 Å². The molecule has 2 rings (SSSR count). The summed E-state index contributed by atoms with van der Waals surface area (Å²) in [5.74, 6) is 0.913. The van der Waals surface area contributed by atoms with Gasteiger partial charge >= 0.3 is 0 Å². The smallest absolute Gasteiger partial charge is 0.147 e. The first kappa shape index (κ1) is 14.8. The van der Waals surface area contributed by atoms with Crippen LogP contribution in [0, 0.1) is 11.3 Å². The quantitative estimate of drug-likeness (QED) is 0.789. The van der Waals surface area contributed by atoms with Gasteiger partial charge in [-0.25, -0.2) is 4.98 Å². The third kappa shape index (κ3) is 2.95. The molecule has 3 heteroatoms. The minimum Gasteiger partial charge on any atom is -0.353 e. The second-order valence-electron chi connectivity index (χ2n) is 5.73. The molecular weight excluding hydrogens is 246 g/mol. The van der Waals surface area contributed by atoms with E-state index in [9.17, 15) is 5.26 Å². The molecule has 1 aromatic heterocycles. The van der Waals surface area contributed by atoms with Crippen LogP contribution in [-0.4, -0.2) is 17.6 Å². The Kier molecular flexibility index (Phi) is 5.00. The Morgan fingerprint density at radius 1 is 1.40 bits per heavy atom. The van der Waals surface area contributed by atoms with Crippen LogP contribution in [0.2, 0.25) is 0 Å². The summed E-state index contributed by atoms with van der Waals surface area (Å²) in [7, 11) is 0. The normalized spacial score (nSPS) is 14.7. The number of hydrogen-bond donors (Lipinski definition) is 0. The molecule has 0 saturated carbocycles. The Hall–Kier alpha value is -1.56. The maximum atomic E-state index is 9.46. The minimum absolute atomic E-state index is 0.431. The highest BCUT2D eigenvalue weighted by Gasteiger charge is 2.22. The Labute approximate surface area is 122 Å². The average molecular weight is 271 g/mol. The Balaban J connectivity index is 2.38. The standard InChI is InChI=1S/C17H25N3/c1-4-6-10-20(13(3)5-2)17-15(12-18)11-14-8-7-9-16(14)19-17/h11,13H,4-10H2,1-3H3. The van der Waals surface area contributed by atoms with Crippen LogP contribution >= 0.6 is 0 Å².